The summed E-state index contributed by atoms with van der Waals surface area (Å²) in [5.74, 6) is 1.53. The molecule has 0 heterocycles. The first-order valence-electron chi connectivity index (χ1n) is 7.42. The fourth-order valence-electron chi connectivity index (χ4n) is 1.87. The summed E-state index contributed by atoms with van der Waals surface area (Å²) in [7, 11) is 1.66. The van der Waals surface area contributed by atoms with E-state index in [4.69, 9.17) is 14.2 Å². The second-order valence-electron chi connectivity index (χ2n) is 4.90. The third-order valence-corrected chi connectivity index (χ3v) is 3.56. The van der Waals surface area contributed by atoms with Gasteiger partial charge in [-0.2, -0.15) is 0 Å². The highest BCUT2D eigenvalue weighted by Crippen LogP contribution is 2.36. The normalized spacial score (nSPS) is 12.2. The van der Waals surface area contributed by atoms with E-state index in [0.29, 0.717) is 19.3 Å². The zero-order chi connectivity index (χ0) is 15.7. The third kappa shape index (κ3) is 6.24. The molecule has 1 aromatic rings. The van der Waals surface area contributed by atoms with E-state index in [2.05, 4.69) is 41.2 Å². The van der Waals surface area contributed by atoms with Crippen molar-refractivity contribution in [2.75, 3.05) is 26.9 Å². The van der Waals surface area contributed by atoms with Crippen LogP contribution in [-0.4, -0.2) is 33.0 Å². The Labute approximate surface area is 136 Å². The van der Waals surface area contributed by atoms with Crippen LogP contribution in [0, 0.1) is 0 Å². The van der Waals surface area contributed by atoms with E-state index in [0.717, 1.165) is 41.1 Å². The van der Waals surface area contributed by atoms with E-state index in [9.17, 15) is 0 Å². The highest BCUT2D eigenvalue weighted by molar-refractivity contribution is 9.10. The Morgan fingerprint density at radius 1 is 1.29 bits per heavy atom. The van der Waals surface area contributed by atoms with Gasteiger partial charge in [0.2, 0.25) is 0 Å². The van der Waals surface area contributed by atoms with Gasteiger partial charge in [0.1, 0.15) is 0 Å². The van der Waals surface area contributed by atoms with Gasteiger partial charge in [-0.15, -0.1) is 0 Å². The van der Waals surface area contributed by atoms with E-state index < -0.39 is 0 Å². The molecule has 0 aliphatic heterocycles. The van der Waals surface area contributed by atoms with Crippen LogP contribution in [-0.2, 0) is 11.3 Å². The zero-order valence-electron chi connectivity index (χ0n) is 13.4. The van der Waals surface area contributed by atoms with Crippen molar-refractivity contribution in [3.8, 4) is 11.5 Å². The molecule has 0 aliphatic carbocycles. The Morgan fingerprint density at radius 3 is 2.67 bits per heavy atom. The lowest BCUT2D eigenvalue weighted by molar-refractivity contribution is 0.127. The third-order valence-electron chi connectivity index (χ3n) is 2.97. The standard InChI is InChI=1S/C16H26BrNO3/c1-5-7-21-16-14(17)8-13(9-15(16)19-4)10-18-12(3)11-20-6-2/h8-9,12,18H,5-7,10-11H2,1-4H3. The van der Waals surface area contributed by atoms with Crippen molar-refractivity contribution in [1.82, 2.24) is 5.32 Å². The van der Waals surface area contributed by atoms with E-state index >= 15 is 0 Å². The molecule has 0 radical (unpaired) electrons. The summed E-state index contributed by atoms with van der Waals surface area (Å²) in [5, 5.41) is 3.43. The van der Waals surface area contributed by atoms with Gasteiger partial charge in [-0.3, -0.25) is 0 Å². The number of nitrogens with one attached hydrogen (secondary N) is 1. The molecule has 1 aromatic carbocycles. The van der Waals surface area contributed by atoms with Gasteiger partial charge in [-0.25, -0.2) is 0 Å². The summed E-state index contributed by atoms with van der Waals surface area (Å²) in [6.45, 7) is 9.10. The molecule has 5 heteroatoms. The van der Waals surface area contributed by atoms with Crippen LogP contribution in [0.15, 0.2) is 16.6 Å². The Hall–Kier alpha value is -0.780. The number of benzene rings is 1. The molecule has 21 heavy (non-hydrogen) atoms. The summed E-state index contributed by atoms with van der Waals surface area (Å²) < 4.78 is 17.5. The number of rotatable bonds is 10. The average Bonchev–Trinajstić information content (AvgIpc) is 2.49. The number of hydrogen-bond donors (Lipinski definition) is 1. The number of ether oxygens (including phenoxy) is 3. The molecular weight excluding hydrogens is 334 g/mol. The van der Waals surface area contributed by atoms with Crippen molar-refractivity contribution in [3.05, 3.63) is 22.2 Å². The van der Waals surface area contributed by atoms with Crippen LogP contribution < -0.4 is 14.8 Å². The van der Waals surface area contributed by atoms with Crippen LogP contribution in [0.1, 0.15) is 32.8 Å². The summed E-state index contributed by atoms with van der Waals surface area (Å²) in [5.41, 5.74) is 1.14. The number of halogens is 1. The minimum Gasteiger partial charge on any atom is -0.493 e. The summed E-state index contributed by atoms with van der Waals surface area (Å²) in [6.07, 6.45) is 0.966. The van der Waals surface area contributed by atoms with Gasteiger partial charge in [-0.1, -0.05) is 6.92 Å². The largest absolute Gasteiger partial charge is 0.493 e. The van der Waals surface area contributed by atoms with Gasteiger partial charge in [0.15, 0.2) is 11.5 Å². The van der Waals surface area contributed by atoms with E-state index in [1.165, 1.54) is 0 Å². The minimum absolute atomic E-state index is 0.311. The highest BCUT2D eigenvalue weighted by Gasteiger charge is 2.12. The summed E-state index contributed by atoms with van der Waals surface area (Å²) in [6, 6.07) is 4.38. The summed E-state index contributed by atoms with van der Waals surface area (Å²) >= 11 is 3.56. The van der Waals surface area contributed by atoms with Crippen molar-refractivity contribution in [3.63, 3.8) is 0 Å². The van der Waals surface area contributed by atoms with Crippen LogP contribution >= 0.6 is 15.9 Å². The quantitative estimate of drug-likeness (QED) is 0.690. The Morgan fingerprint density at radius 2 is 2.05 bits per heavy atom. The first-order valence-corrected chi connectivity index (χ1v) is 8.21. The van der Waals surface area contributed by atoms with Gasteiger partial charge in [0, 0.05) is 19.2 Å². The molecule has 0 aromatic heterocycles. The Kier molecular flexibility index (Phi) is 8.73. The van der Waals surface area contributed by atoms with Gasteiger partial charge in [0.05, 0.1) is 24.8 Å². The lowest BCUT2D eigenvalue weighted by atomic mass is 10.2. The molecular formula is C16H26BrNO3. The Balaban J connectivity index is 2.69. The fourth-order valence-corrected chi connectivity index (χ4v) is 2.47. The lowest BCUT2D eigenvalue weighted by Gasteiger charge is -2.16. The maximum atomic E-state index is 5.73. The highest BCUT2D eigenvalue weighted by atomic mass is 79.9. The van der Waals surface area contributed by atoms with Crippen LogP contribution in [0.5, 0.6) is 11.5 Å². The van der Waals surface area contributed by atoms with Gasteiger partial charge >= 0.3 is 0 Å². The van der Waals surface area contributed by atoms with Gasteiger partial charge in [-0.05, 0) is 53.9 Å². The lowest BCUT2D eigenvalue weighted by Crippen LogP contribution is -2.30. The molecule has 1 rings (SSSR count). The van der Waals surface area contributed by atoms with E-state index in [1.807, 2.05) is 13.0 Å². The molecule has 0 aliphatic rings. The molecule has 1 N–H and O–H groups in total. The van der Waals surface area contributed by atoms with Crippen molar-refractivity contribution in [1.29, 1.82) is 0 Å². The van der Waals surface area contributed by atoms with Crippen LogP contribution in [0.2, 0.25) is 0 Å². The molecule has 120 valence electrons. The number of methoxy groups -OCH3 is 1. The molecule has 0 bridgehead atoms. The molecule has 0 saturated carbocycles. The second kappa shape index (κ2) is 10.0. The molecule has 1 atom stereocenters. The van der Waals surface area contributed by atoms with E-state index in [1.54, 1.807) is 7.11 Å². The van der Waals surface area contributed by atoms with Crippen molar-refractivity contribution >= 4 is 15.9 Å². The maximum Gasteiger partial charge on any atom is 0.175 e. The molecule has 0 spiro atoms. The molecule has 1 unspecified atom stereocenters. The average molecular weight is 360 g/mol. The fraction of sp³-hybridized carbons (Fsp3) is 0.625. The minimum atomic E-state index is 0.311. The van der Waals surface area contributed by atoms with Crippen LogP contribution in [0.25, 0.3) is 0 Å². The van der Waals surface area contributed by atoms with E-state index in [-0.39, 0.29) is 0 Å². The first-order chi connectivity index (χ1) is 10.1. The van der Waals surface area contributed by atoms with Crippen molar-refractivity contribution in [2.24, 2.45) is 0 Å². The maximum absolute atomic E-state index is 5.73. The molecule has 0 fully saturated rings. The van der Waals surface area contributed by atoms with Gasteiger partial charge in [0.25, 0.3) is 0 Å². The van der Waals surface area contributed by atoms with Crippen LogP contribution in [0.4, 0.5) is 0 Å². The van der Waals surface area contributed by atoms with Crippen molar-refractivity contribution in [2.45, 2.75) is 39.8 Å². The monoisotopic (exact) mass is 359 g/mol. The smallest absolute Gasteiger partial charge is 0.175 e. The molecule has 0 amide bonds. The SMILES string of the molecule is CCCOc1c(Br)cc(CNC(C)COCC)cc1OC. The Bertz CT molecular complexity index is 426. The first kappa shape index (κ1) is 18.3. The number of hydrogen-bond acceptors (Lipinski definition) is 4. The zero-order valence-corrected chi connectivity index (χ0v) is 15.0. The predicted octanol–water partition coefficient (Wildman–Crippen LogP) is 3.76. The topological polar surface area (TPSA) is 39.7 Å². The molecule has 0 saturated heterocycles. The summed E-state index contributed by atoms with van der Waals surface area (Å²) in [4.78, 5) is 0. The van der Waals surface area contributed by atoms with Crippen LogP contribution in [0.3, 0.4) is 0 Å². The van der Waals surface area contributed by atoms with Crippen molar-refractivity contribution < 1.29 is 14.2 Å². The van der Waals surface area contributed by atoms with Gasteiger partial charge < -0.3 is 19.5 Å². The predicted molar refractivity (Wildman–Crippen MR) is 89.3 cm³/mol. The second-order valence-corrected chi connectivity index (χ2v) is 5.75. The molecule has 4 nitrogen and oxygen atoms in total.